The van der Waals surface area contributed by atoms with Crippen LogP contribution in [0.25, 0.3) is 0 Å². The van der Waals surface area contributed by atoms with Crippen LogP contribution in [0.15, 0.2) is 67.3 Å². The number of ether oxygens (including phenoxy) is 2. The van der Waals surface area contributed by atoms with E-state index >= 15 is 0 Å². The minimum absolute atomic E-state index is 0.204. The van der Waals surface area contributed by atoms with Gasteiger partial charge in [0.25, 0.3) is 0 Å². The van der Waals surface area contributed by atoms with Gasteiger partial charge in [-0.3, -0.25) is 0 Å². The topological polar surface area (TPSA) is 53.4 Å². The Hall–Kier alpha value is -3.08. The van der Waals surface area contributed by atoms with Crippen molar-refractivity contribution in [1.29, 1.82) is 0 Å². The first-order valence-electron chi connectivity index (χ1n) is 7.63. The molecule has 1 heterocycles. The summed E-state index contributed by atoms with van der Waals surface area (Å²) in [6.07, 6.45) is 4.03. The lowest BCUT2D eigenvalue weighted by Gasteiger charge is -2.08. The number of hydrogen-bond donors (Lipinski definition) is 0. The summed E-state index contributed by atoms with van der Waals surface area (Å²) in [5, 5.41) is 0. The second-order valence-electron chi connectivity index (χ2n) is 5.44. The Balaban J connectivity index is 1.49. The molecule has 122 valence electrons. The minimum atomic E-state index is -0.452. The number of carbonyl (C=O) groups is 1. The van der Waals surface area contributed by atoms with Crippen molar-refractivity contribution in [3.8, 4) is 5.75 Å². The van der Waals surface area contributed by atoms with Gasteiger partial charge in [-0.2, -0.15) is 0 Å². The van der Waals surface area contributed by atoms with Gasteiger partial charge in [-0.15, -0.1) is 0 Å². The molecule has 0 saturated carbocycles. The molecule has 5 nitrogen and oxygen atoms in total. The van der Waals surface area contributed by atoms with Gasteiger partial charge in [-0.1, -0.05) is 42.0 Å². The van der Waals surface area contributed by atoms with Gasteiger partial charge in [-0.25, -0.2) is 14.3 Å². The molecule has 0 atom stereocenters. The highest BCUT2D eigenvalue weighted by atomic mass is 16.5. The van der Waals surface area contributed by atoms with Crippen LogP contribution in [0.1, 0.15) is 16.7 Å². The van der Waals surface area contributed by atoms with Gasteiger partial charge in [0, 0.05) is 12.4 Å². The van der Waals surface area contributed by atoms with Gasteiger partial charge in [0.15, 0.2) is 0 Å². The highest BCUT2D eigenvalue weighted by Gasteiger charge is 2.05. The average molecular weight is 322 g/mol. The molecule has 0 aliphatic carbocycles. The van der Waals surface area contributed by atoms with Crippen LogP contribution in [0.4, 0.5) is 4.79 Å². The fourth-order valence-electron chi connectivity index (χ4n) is 2.12. The fourth-order valence-corrected chi connectivity index (χ4v) is 2.12. The van der Waals surface area contributed by atoms with Crippen LogP contribution in [-0.4, -0.2) is 15.6 Å². The Bertz CT molecular complexity index is 778. The summed E-state index contributed by atoms with van der Waals surface area (Å²) < 4.78 is 12.2. The molecule has 3 aromatic rings. The third kappa shape index (κ3) is 4.23. The summed E-state index contributed by atoms with van der Waals surface area (Å²) in [6, 6.07) is 15.7. The molecule has 0 amide bonds. The van der Waals surface area contributed by atoms with Crippen molar-refractivity contribution < 1.29 is 14.3 Å². The molecule has 0 unspecified atom stereocenters. The third-order valence-corrected chi connectivity index (χ3v) is 3.53. The zero-order chi connectivity index (χ0) is 16.8. The number of imidazole rings is 1. The largest absolute Gasteiger partial charge is 0.489 e. The number of aryl methyl sites for hydroxylation is 1. The molecule has 1 aromatic heterocycles. The van der Waals surface area contributed by atoms with Crippen LogP contribution in [0.5, 0.6) is 5.75 Å². The van der Waals surface area contributed by atoms with E-state index in [2.05, 4.69) is 36.2 Å². The van der Waals surface area contributed by atoms with E-state index < -0.39 is 6.09 Å². The molecule has 3 rings (SSSR count). The van der Waals surface area contributed by atoms with Crippen molar-refractivity contribution in [2.24, 2.45) is 0 Å². The van der Waals surface area contributed by atoms with E-state index in [9.17, 15) is 4.79 Å². The number of carbonyl (C=O) groups excluding carboxylic acids is 1. The first kappa shape index (κ1) is 15.8. The number of hydrogen-bond acceptors (Lipinski definition) is 4. The number of benzene rings is 2. The standard InChI is InChI=1S/C19H18N2O3/c1-15-2-4-16(5-3-15)12-23-18-8-6-17(7-9-18)13-24-19(22)21-11-10-20-14-21/h2-11,14H,12-13H2,1H3. The lowest BCUT2D eigenvalue weighted by atomic mass is 10.2. The van der Waals surface area contributed by atoms with Crippen molar-refractivity contribution in [2.45, 2.75) is 20.1 Å². The quantitative estimate of drug-likeness (QED) is 0.713. The third-order valence-electron chi connectivity index (χ3n) is 3.53. The van der Waals surface area contributed by atoms with E-state index in [1.165, 1.54) is 22.7 Å². The highest BCUT2D eigenvalue weighted by molar-refractivity contribution is 5.69. The van der Waals surface area contributed by atoms with Crippen molar-refractivity contribution in [1.82, 2.24) is 9.55 Å². The highest BCUT2D eigenvalue weighted by Crippen LogP contribution is 2.15. The maximum absolute atomic E-state index is 11.7. The van der Waals surface area contributed by atoms with Crippen LogP contribution in [0.3, 0.4) is 0 Å². The normalized spacial score (nSPS) is 10.4. The van der Waals surface area contributed by atoms with Crippen molar-refractivity contribution in [2.75, 3.05) is 0 Å². The summed E-state index contributed by atoms with van der Waals surface area (Å²) in [6.45, 7) is 2.79. The monoisotopic (exact) mass is 322 g/mol. The van der Waals surface area contributed by atoms with E-state index in [-0.39, 0.29) is 6.61 Å². The number of nitrogens with zero attached hydrogens (tertiary/aromatic N) is 2. The van der Waals surface area contributed by atoms with Gasteiger partial charge < -0.3 is 9.47 Å². The summed E-state index contributed by atoms with van der Waals surface area (Å²) in [5.74, 6) is 0.778. The SMILES string of the molecule is Cc1ccc(COc2ccc(COC(=O)n3ccnc3)cc2)cc1. The van der Waals surface area contributed by atoms with E-state index in [1.807, 2.05) is 24.3 Å². The minimum Gasteiger partial charge on any atom is -0.489 e. The molecular weight excluding hydrogens is 304 g/mol. The first-order chi connectivity index (χ1) is 11.7. The van der Waals surface area contributed by atoms with E-state index in [0.717, 1.165) is 16.9 Å². The Morgan fingerprint density at radius 2 is 1.67 bits per heavy atom. The van der Waals surface area contributed by atoms with Crippen LogP contribution in [0.2, 0.25) is 0 Å². The van der Waals surface area contributed by atoms with Crippen molar-refractivity contribution in [3.05, 3.63) is 83.9 Å². The van der Waals surface area contributed by atoms with E-state index in [1.54, 1.807) is 6.20 Å². The van der Waals surface area contributed by atoms with Crippen molar-refractivity contribution >= 4 is 6.09 Å². The molecule has 0 fully saturated rings. The molecular formula is C19H18N2O3. The maximum Gasteiger partial charge on any atom is 0.419 e. The second kappa shape index (κ2) is 7.46. The summed E-state index contributed by atoms with van der Waals surface area (Å²) >= 11 is 0. The van der Waals surface area contributed by atoms with Gasteiger partial charge in [-0.05, 0) is 30.2 Å². The Morgan fingerprint density at radius 1 is 1.00 bits per heavy atom. The van der Waals surface area contributed by atoms with Crippen LogP contribution >= 0.6 is 0 Å². The second-order valence-corrected chi connectivity index (χ2v) is 5.44. The fraction of sp³-hybridized carbons (Fsp3) is 0.158. The average Bonchev–Trinajstić information content (AvgIpc) is 3.15. The number of rotatable bonds is 5. The molecule has 0 N–H and O–H groups in total. The van der Waals surface area contributed by atoms with Crippen LogP contribution < -0.4 is 4.74 Å². The van der Waals surface area contributed by atoms with E-state index in [0.29, 0.717) is 6.61 Å². The molecule has 0 saturated heterocycles. The predicted octanol–water partition coefficient (Wildman–Crippen LogP) is 3.96. The summed E-state index contributed by atoms with van der Waals surface area (Å²) in [5.41, 5.74) is 3.25. The summed E-state index contributed by atoms with van der Waals surface area (Å²) in [7, 11) is 0. The van der Waals surface area contributed by atoms with Gasteiger partial charge in [0.1, 0.15) is 25.3 Å². The molecule has 0 aliphatic rings. The first-order valence-corrected chi connectivity index (χ1v) is 7.63. The number of aromatic nitrogens is 2. The van der Waals surface area contributed by atoms with E-state index in [4.69, 9.17) is 9.47 Å². The molecule has 2 aromatic carbocycles. The van der Waals surface area contributed by atoms with Crippen LogP contribution in [-0.2, 0) is 18.0 Å². The van der Waals surface area contributed by atoms with Gasteiger partial charge >= 0.3 is 6.09 Å². The van der Waals surface area contributed by atoms with Crippen LogP contribution in [0, 0.1) is 6.92 Å². The molecule has 5 heteroatoms. The molecule has 24 heavy (non-hydrogen) atoms. The maximum atomic E-state index is 11.7. The summed E-state index contributed by atoms with van der Waals surface area (Å²) in [4.78, 5) is 15.5. The molecule has 0 spiro atoms. The van der Waals surface area contributed by atoms with Gasteiger partial charge in [0.05, 0.1) is 0 Å². The van der Waals surface area contributed by atoms with Gasteiger partial charge in [0.2, 0.25) is 0 Å². The smallest absolute Gasteiger partial charge is 0.419 e. The predicted molar refractivity (Wildman–Crippen MR) is 89.8 cm³/mol. The zero-order valence-corrected chi connectivity index (χ0v) is 13.4. The molecule has 0 bridgehead atoms. The Labute approximate surface area is 140 Å². The lowest BCUT2D eigenvalue weighted by molar-refractivity contribution is 0.141. The Kier molecular flexibility index (Phi) is 4.91. The molecule has 0 aliphatic heterocycles. The molecule has 0 radical (unpaired) electrons. The Morgan fingerprint density at radius 3 is 2.33 bits per heavy atom. The van der Waals surface area contributed by atoms with Crippen molar-refractivity contribution in [3.63, 3.8) is 0 Å². The zero-order valence-electron chi connectivity index (χ0n) is 13.4. The lowest BCUT2D eigenvalue weighted by Crippen LogP contribution is -2.11.